The van der Waals surface area contributed by atoms with Crippen molar-refractivity contribution >= 4 is 0 Å². The summed E-state index contributed by atoms with van der Waals surface area (Å²) in [6.07, 6.45) is 8.22. The quantitative estimate of drug-likeness (QED) is 0.639. The van der Waals surface area contributed by atoms with E-state index in [0.29, 0.717) is 6.04 Å². The summed E-state index contributed by atoms with van der Waals surface area (Å²) in [5, 5.41) is 0. The molecule has 1 unspecified atom stereocenters. The van der Waals surface area contributed by atoms with Gasteiger partial charge in [-0.2, -0.15) is 0 Å². The molecule has 0 aromatic carbocycles. The van der Waals surface area contributed by atoms with Crippen molar-refractivity contribution in [2.75, 3.05) is 0 Å². The molecular formula is C11H19N. The van der Waals surface area contributed by atoms with E-state index in [4.69, 9.17) is 5.73 Å². The van der Waals surface area contributed by atoms with Crippen LogP contribution in [-0.4, -0.2) is 6.04 Å². The van der Waals surface area contributed by atoms with Crippen molar-refractivity contribution < 1.29 is 0 Å². The van der Waals surface area contributed by atoms with Gasteiger partial charge in [-0.05, 0) is 39.0 Å². The Kier molecular flexibility index (Phi) is 3.54. The first-order valence-electron chi connectivity index (χ1n) is 4.78. The van der Waals surface area contributed by atoms with Crippen LogP contribution in [0.1, 0.15) is 39.0 Å². The van der Waals surface area contributed by atoms with Crippen molar-refractivity contribution in [1.29, 1.82) is 0 Å². The molecule has 1 heteroatoms. The zero-order valence-electron chi connectivity index (χ0n) is 7.97. The Morgan fingerprint density at radius 1 is 1.75 bits per heavy atom. The molecule has 0 amide bonds. The van der Waals surface area contributed by atoms with Gasteiger partial charge in [0, 0.05) is 6.04 Å². The van der Waals surface area contributed by atoms with Crippen molar-refractivity contribution in [3.63, 3.8) is 0 Å². The molecule has 2 N–H and O–H groups in total. The Morgan fingerprint density at radius 3 is 3.08 bits per heavy atom. The van der Waals surface area contributed by atoms with Gasteiger partial charge in [-0.15, -0.1) is 6.58 Å². The fourth-order valence-electron chi connectivity index (χ4n) is 1.62. The van der Waals surface area contributed by atoms with E-state index >= 15 is 0 Å². The summed E-state index contributed by atoms with van der Waals surface area (Å²) in [6.45, 7) is 5.99. The molecule has 1 aliphatic rings. The maximum atomic E-state index is 5.83. The average Bonchev–Trinajstić information content (AvgIpc) is 2.01. The molecule has 0 bridgehead atoms. The second-order valence-corrected chi connectivity index (χ2v) is 3.84. The van der Waals surface area contributed by atoms with Crippen LogP contribution in [0, 0.1) is 0 Å². The molecule has 68 valence electrons. The molecule has 0 aromatic rings. The second kappa shape index (κ2) is 4.46. The summed E-state index contributed by atoms with van der Waals surface area (Å²) >= 11 is 0. The number of allylic oxidation sites excluding steroid dienone is 2. The number of hydrogen-bond donors (Lipinski definition) is 1. The Hall–Kier alpha value is -0.560. The summed E-state index contributed by atoms with van der Waals surface area (Å²) in [5.74, 6) is 0. The highest BCUT2D eigenvalue weighted by atomic mass is 14.6. The van der Waals surface area contributed by atoms with E-state index in [-0.39, 0.29) is 0 Å². The van der Waals surface area contributed by atoms with Crippen molar-refractivity contribution in [3.8, 4) is 0 Å². The summed E-state index contributed by atoms with van der Waals surface area (Å²) in [4.78, 5) is 0. The van der Waals surface area contributed by atoms with Crippen LogP contribution in [0.5, 0.6) is 0 Å². The molecule has 1 aliphatic carbocycles. The molecule has 0 saturated heterocycles. The first kappa shape index (κ1) is 9.53. The van der Waals surface area contributed by atoms with Crippen LogP contribution < -0.4 is 5.73 Å². The van der Waals surface area contributed by atoms with E-state index in [0.717, 1.165) is 12.8 Å². The molecule has 1 atom stereocenters. The lowest BCUT2D eigenvalue weighted by Gasteiger charge is -2.17. The zero-order valence-corrected chi connectivity index (χ0v) is 7.97. The van der Waals surface area contributed by atoms with E-state index in [1.54, 1.807) is 0 Å². The maximum Gasteiger partial charge on any atom is 0.0226 e. The normalized spacial score (nSPS) is 23.5. The maximum absolute atomic E-state index is 5.83. The molecule has 12 heavy (non-hydrogen) atoms. The van der Waals surface area contributed by atoms with Crippen LogP contribution in [0.25, 0.3) is 0 Å². The zero-order chi connectivity index (χ0) is 8.97. The van der Waals surface area contributed by atoms with E-state index < -0.39 is 0 Å². The number of nitrogens with two attached hydrogens (primary N) is 1. The van der Waals surface area contributed by atoms with Gasteiger partial charge in [0.25, 0.3) is 0 Å². The Balaban J connectivity index is 2.35. The number of hydrogen-bond acceptors (Lipinski definition) is 1. The summed E-state index contributed by atoms with van der Waals surface area (Å²) in [5.41, 5.74) is 8.64. The predicted molar refractivity (Wildman–Crippen MR) is 54.0 cm³/mol. The van der Waals surface area contributed by atoms with Crippen molar-refractivity contribution in [1.82, 2.24) is 0 Å². The van der Waals surface area contributed by atoms with Crippen LogP contribution in [0.4, 0.5) is 0 Å². The Bertz CT molecular complexity index is 191. The molecule has 0 spiro atoms. The standard InChI is InChI=1S/C11H19N/c1-9(2)6-7-10-4-3-5-11(12)8-10/h8,11H,1,3-7,12H2,2H3. The molecule has 0 saturated carbocycles. The lowest BCUT2D eigenvalue weighted by Crippen LogP contribution is -2.20. The van der Waals surface area contributed by atoms with Gasteiger partial charge < -0.3 is 5.73 Å². The fraction of sp³-hybridized carbons (Fsp3) is 0.636. The lowest BCUT2D eigenvalue weighted by molar-refractivity contribution is 0.609. The highest BCUT2D eigenvalue weighted by Crippen LogP contribution is 2.21. The SMILES string of the molecule is C=C(C)CCC1=CC(N)CCC1. The van der Waals surface area contributed by atoms with Crippen LogP contribution >= 0.6 is 0 Å². The fourth-order valence-corrected chi connectivity index (χ4v) is 1.62. The van der Waals surface area contributed by atoms with E-state index in [2.05, 4.69) is 19.6 Å². The third kappa shape index (κ3) is 3.22. The predicted octanol–water partition coefficient (Wildman–Crippen LogP) is 2.78. The van der Waals surface area contributed by atoms with E-state index in [9.17, 15) is 0 Å². The highest BCUT2D eigenvalue weighted by Gasteiger charge is 2.08. The van der Waals surface area contributed by atoms with Gasteiger partial charge in [0.15, 0.2) is 0 Å². The molecule has 0 radical (unpaired) electrons. The summed E-state index contributed by atoms with van der Waals surface area (Å²) in [7, 11) is 0. The first-order valence-corrected chi connectivity index (χ1v) is 4.78. The van der Waals surface area contributed by atoms with Crippen LogP contribution in [-0.2, 0) is 0 Å². The third-order valence-corrected chi connectivity index (χ3v) is 2.36. The Labute approximate surface area is 75.3 Å². The minimum Gasteiger partial charge on any atom is -0.324 e. The molecule has 1 nitrogen and oxygen atoms in total. The van der Waals surface area contributed by atoms with Gasteiger partial charge in [-0.1, -0.05) is 17.2 Å². The Morgan fingerprint density at radius 2 is 2.50 bits per heavy atom. The summed E-state index contributed by atoms with van der Waals surface area (Å²) in [6, 6.07) is 0.318. The van der Waals surface area contributed by atoms with Gasteiger partial charge >= 0.3 is 0 Å². The van der Waals surface area contributed by atoms with Crippen molar-refractivity contribution in [2.24, 2.45) is 5.73 Å². The minimum atomic E-state index is 0.318. The van der Waals surface area contributed by atoms with Crippen LogP contribution in [0.2, 0.25) is 0 Å². The molecule has 1 rings (SSSR count). The lowest BCUT2D eigenvalue weighted by atomic mass is 9.92. The average molecular weight is 165 g/mol. The molecule has 0 aliphatic heterocycles. The van der Waals surface area contributed by atoms with Gasteiger partial charge in [0.05, 0.1) is 0 Å². The molecule has 0 fully saturated rings. The van der Waals surface area contributed by atoms with Crippen LogP contribution in [0.3, 0.4) is 0 Å². The number of rotatable bonds is 3. The minimum absolute atomic E-state index is 0.318. The highest BCUT2D eigenvalue weighted by molar-refractivity contribution is 5.11. The topological polar surface area (TPSA) is 26.0 Å². The second-order valence-electron chi connectivity index (χ2n) is 3.84. The van der Waals surface area contributed by atoms with Gasteiger partial charge in [0.2, 0.25) is 0 Å². The van der Waals surface area contributed by atoms with Gasteiger partial charge in [-0.25, -0.2) is 0 Å². The van der Waals surface area contributed by atoms with Crippen molar-refractivity contribution in [3.05, 3.63) is 23.8 Å². The van der Waals surface area contributed by atoms with Gasteiger partial charge in [0.1, 0.15) is 0 Å². The van der Waals surface area contributed by atoms with E-state index in [1.165, 1.54) is 30.4 Å². The monoisotopic (exact) mass is 165 g/mol. The van der Waals surface area contributed by atoms with Crippen molar-refractivity contribution in [2.45, 2.75) is 45.1 Å². The van der Waals surface area contributed by atoms with E-state index in [1.807, 2.05) is 0 Å². The molecule has 0 heterocycles. The smallest absolute Gasteiger partial charge is 0.0226 e. The van der Waals surface area contributed by atoms with Gasteiger partial charge in [-0.3, -0.25) is 0 Å². The largest absolute Gasteiger partial charge is 0.324 e. The summed E-state index contributed by atoms with van der Waals surface area (Å²) < 4.78 is 0. The third-order valence-electron chi connectivity index (χ3n) is 2.36. The molecule has 0 aromatic heterocycles. The molecular weight excluding hydrogens is 146 g/mol. The van der Waals surface area contributed by atoms with Crippen LogP contribution in [0.15, 0.2) is 23.8 Å². The first-order chi connectivity index (χ1) is 5.68.